The highest BCUT2D eigenvalue weighted by molar-refractivity contribution is 5.80. The lowest BCUT2D eigenvalue weighted by Gasteiger charge is -2.33. The highest BCUT2D eigenvalue weighted by atomic mass is 16.5. The summed E-state index contributed by atoms with van der Waals surface area (Å²) < 4.78 is 5.18. The molecule has 5 nitrogen and oxygen atoms in total. The topological polar surface area (TPSA) is 53.9 Å². The van der Waals surface area contributed by atoms with Crippen molar-refractivity contribution in [2.24, 2.45) is 10.9 Å². The number of nitrogens with zero attached hydrogens (tertiary/aromatic N) is 2. The second-order valence-corrected chi connectivity index (χ2v) is 7.78. The Balaban J connectivity index is 1.64. The Bertz CT molecular complexity index is 674. The Morgan fingerprint density at radius 3 is 2.56 bits per heavy atom. The van der Waals surface area contributed by atoms with Crippen LogP contribution in [-0.4, -0.2) is 49.6 Å². The van der Waals surface area contributed by atoms with Crippen LogP contribution in [0.5, 0.6) is 0 Å². The third-order valence-corrected chi connectivity index (χ3v) is 5.85. The molecule has 0 atom stereocenters. The zero-order valence-corrected chi connectivity index (χ0v) is 17.0. The monoisotopic (exact) mass is 371 g/mol. The Morgan fingerprint density at radius 2 is 1.96 bits per heavy atom. The van der Waals surface area contributed by atoms with Crippen LogP contribution in [0.3, 0.4) is 0 Å². The fourth-order valence-electron chi connectivity index (χ4n) is 4.07. The molecule has 1 heterocycles. The summed E-state index contributed by atoms with van der Waals surface area (Å²) in [5.41, 5.74) is 3.03. The van der Waals surface area contributed by atoms with E-state index >= 15 is 0 Å². The number of guanidine groups is 1. The first-order valence-corrected chi connectivity index (χ1v) is 10.4. The number of esters is 1. The average Bonchev–Trinajstić information content (AvgIpc) is 3.47. The molecule has 0 radical (unpaired) electrons. The normalized spacial score (nSPS) is 19.7. The first-order valence-electron chi connectivity index (χ1n) is 10.4. The van der Waals surface area contributed by atoms with Crippen LogP contribution in [0.2, 0.25) is 0 Å². The second-order valence-electron chi connectivity index (χ2n) is 7.78. The van der Waals surface area contributed by atoms with Gasteiger partial charge in [0, 0.05) is 25.0 Å². The first kappa shape index (κ1) is 19.7. The summed E-state index contributed by atoms with van der Waals surface area (Å²) in [6.07, 6.45) is 4.11. The van der Waals surface area contributed by atoms with Crippen molar-refractivity contribution in [2.75, 3.05) is 32.8 Å². The lowest BCUT2D eigenvalue weighted by Crippen LogP contribution is -2.47. The van der Waals surface area contributed by atoms with E-state index in [9.17, 15) is 4.79 Å². The number of ether oxygens (including phenoxy) is 1. The number of nitrogens with one attached hydrogen (secondary N) is 1. The van der Waals surface area contributed by atoms with Gasteiger partial charge in [-0.1, -0.05) is 24.3 Å². The number of carbonyl (C=O) groups is 1. The van der Waals surface area contributed by atoms with Crippen LogP contribution in [0.25, 0.3) is 0 Å². The standard InChI is InChI=1S/C22H33N3O2/c1-4-23-21(25-14-10-18(11-15-25)20(26)27-5-2)24-16-22(12-13-22)19-9-7-6-8-17(19)3/h6-9,18H,4-5,10-16H2,1-3H3,(H,23,24). The molecule has 3 rings (SSSR count). The van der Waals surface area contributed by atoms with Gasteiger partial charge in [-0.15, -0.1) is 0 Å². The number of rotatable bonds is 6. The minimum atomic E-state index is -0.0458. The SMILES string of the molecule is CCNC(=NCC1(c2ccccc2C)CC1)N1CCC(C(=O)OCC)CC1. The first-order chi connectivity index (χ1) is 13.1. The highest BCUT2D eigenvalue weighted by Crippen LogP contribution is 2.49. The van der Waals surface area contributed by atoms with E-state index in [1.54, 1.807) is 0 Å². The molecule has 0 unspecified atom stereocenters. The summed E-state index contributed by atoms with van der Waals surface area (Å²) in [7, 11) is 0. The van der Waals surface area contributed by atoms with E-state index < -0.39 is 0 Å². The predicted octanol–water partition coefficient (Wildman–Crippen LogP) is 3.27. The summed E-state index contributed by atoms with van der Waals surface area (Å²) >= 11 is 0. The van der Waals surface area contributed by atoms with Crippen molar-refractivity contribution in [3.05, 3.63) is 35.4 Å². The number of carbonyl (C=O) groups excluding carboxylic acids is 1. The number of hydrogen-bond donors (Lipinski definition) is 1. The number of hydrogen-bond acceptors (Lipinski definition) is 3. The molecule has 1 aliphatic carbocycles. The van der Waals surface area contributed by atoms with Crippen molar-refractivity contribution in [3.63, 3.8) is 0 Å². The van der Waals surface area contributed by atoms with Gasteiger partial charge in [-0.2, -0.15) is 0 Å². The molecule has 1 aliphatic heterocycles. The third-order valence-electron chi connectivity index (χ3n) is 5.85. The van der Waals surface area contributed by atoms with Gasteiger partial charge in [0.15, 0.2) is 5.96 Å². The second kappa shape index (κ2) is 8.77. The summed E-state index contributed by atoms with van der Waals surface area (Å²) in [6, 6.07) is 8.70. The highest BCUT2D eigenvalue weighted by Gasteiger charge is 2.45. The van der Waals surface area contributed by atoms with Crippen molar-refractivity contribution < 1.29 is 9.53 Å². The molecule has 0 bridgehead atoms. The summed E-state index contributed by atoms with van der Waals surface area (Å²) in [4.78, 5) is 19.3. The van der Waals surface area contributed by atoms with Crippen molar-refractivity contribution in [1.82, 2.24) is 10.2 Å². The van der Waals surface area contributed by atoms with Gasteiger partial charge in [0.05, 0.1) is 19.1 Å². The van der Waals surface area contributed by atoms with Crippen molar-refractivity contribution in [3.8, 4) is 0 Å². The summed E-state index contributed by atoms with van der Waals surface area (Å²) in [5.74, 6) is 0.973. The predicted molar refractivity (Wildman–Crippen MR) is 109 cm³/mol. The smallest absolute Gasteiger partial charge is 0.309 e. The Morgan fingerprint density at radius 1 is 1.26 bits per heavy atom. The maximum atomic E-state index is 12.0. The summed E-state index contributed by atoms with van der Waals surface area (Å²) in [5, 5.41) is 3.45. The molecule has 148 valence electrons. The van der Waals surface area contributed by atoms with Gasteiger partial charge in [0.2, 0.25) is 0 Å². The van der Waals surface area contributed by atoms with Crippen LogP contribution >= 0.6 is 0 Å². The molecule has 1 saturated carbocycles. The number of likely N-dealkylation sites (tertiary alicyclic amines) is 1. The van der Waals surface area contributed by atoms with Gasteiger partial charge in [0.1, 0.15) is 0 Å². The molecule has 1 saturated heterocycles. The number of aliphatic imine (C=N–C) groups is 1. The van der Waals surface area contributed by atoms with E-state index in [0.717, 1.165) is 45.0 Å². The lowest BCUT2D eigenvalue weighted by molar-refractivity contribution is -0.149. The molecule has 1 aromatic carbocycles. The van der Waals surface area contributed by atoms with Crippen molar-refractivity contribution >= 4 is 11.9 Å². The van der Waals surface area contributed by atoms with Gasteiger partial charge >= 0.3 is 5.97 Å². The zero-order chi connectivity index (χ0) is 19.3. The molecule has 2 aliphatic rings. The number of benzene rings is 1. The lowest BCUT2D eigenvalue weighted by atomic mass is 9.92. The van der Waals surface area contributed by atoms with E-state index in [-0.39, 0.29) is 17.3 Å². The molecule has 1 N–H and O–H groups in total. The largest absolute Gasteiger partial charge is 0.466 e. The van der Waals surface area contributed by atoms with E-state index in [0.29, 0.717) is 6.61 Å². The van der Waals surface area contributed by atoms with E-state index in [1.807, 2.05) is 6.92 Å². The minimum Gasteiger partial charge on any atom is -0.466 e. The molecular formula is C22H33N3O2. The molecule has 0 amide bonds. The molecule has 2 fully saturated rings. The number of aryl methyl sites for hydroxylation is 1. The molecular weight excluding hydrogens is 338 g/mol. The van der Waals surface area contributed by atoms with E-state index in [4.69, 9.17) is 9.73 Å². The van der Waals surface area contributed by atoms with Crippen LogP contribution in [0.1, 0.15) is 50.7 Å². The molecule has 5 heteroatoms. The Hall–Kier alpha value is -2.04. The van der Waals surface area contributed by atoms with Crippen LogP contribution < -0.4 is 5.32 Å². The molecule has 0 spiro atoms. The molecule has 1 aromatic rings. The van der Waals surface area contributed by atoms with Crippen LogP contribution in [0, 0.1) is 12.8 Å². The van der Waals surface area contributed by atoms with Gasteiger partial charge in [0.25, 0.3) is 0 Å². The van der Waals surface area contributed by atoms with Crippen LogP contribution in [0.4, 0.5) is 0 Å². The van der Waals surface area contributed by atoms with Crippen molar-refractivity contribution in [1.29, 1.82) is 0 Å². The maximum absolute atomic E-state index is 12.0. The zero-order valence-electron chi connectivity index (χ0n) is 17.0. The fraction of sp³-hybridized carbons (Fsp3) is 0.636. The van der Waals surface area contributed by atoms with E-state index in [2.05, 4.69) is 48.3 Å². The Labute approximate surface area is 163 Å². The van der Waals surface area contributed by atoms with Gasteiger partial charge in [-0.3, -0.25) is 9.79 Å². The maximum Gasteiger partial charge on any atom is 0.309 e. The fourth-order valence-corrected chi connectivity index (χ4v) is 4.07. The van der Waals surface area contributed by atoms with Crippen LogP contribution in [0.15, 0.2) is 29.3 Å². The van der Waals surface area contributed by atoms with Gasteiger partial charge in [-0.25, -0.2) is 0 Å². The summed E-state index contributed by atoms with van der Waals surface area (Å²) in [6.45, 7) is 10.0. The third kappa shape index (κ3) is 4.63. The quantitative estimate of drug-likeness (QED) is 0.474. The van der Waals surface area contributed by atoms with Gasteiger partial charge < -0.3 is 15.0 Å². The Kier molecular flexibility index (Phi) is 6.40. The molecule has 0 aromatic heterocycles. The minimum absolute atomic E-state index is 0.0332. The molecule has 27 heavy (non-hydrogen) atoms. The number of piperidine rings is 1. The van der Waals surface area contributed by atoms with E-state index in [1.165, 1.54) is 24.0 Å². The van der Waals surface area contributed by atoms with Crippen LogP contribution in [-0.2, 0) is 14.9 Å². The average molecular weight is 372 g/mol. The van der Waals surface area contributed by atoms with Gasteiger partial charge in [-0.05, 0) is 57.6 Å². The van der Waals surface area contributed by atoms with Crippen molar-refractivity contribution in [2.45, 2.75) is 51.9 Å².